The number of nitro benzene ring substituents is 1. The molecule has 1 rings (SSSR count). The van der Waals surface area contributed by atoms with Gasteiger partial charge in [-0.05, 0) is 0 Å². The second-order valence-electron chi connectivity index (χ2n) is 2.98. The lowest BCUT2D eigenvalue weighted by Gasteiger charge is -2.12. The smallest absolute Gasteiger partial charge is 0.345 e. The van der Waals surface area contributed by atoms with Crippen LogP contribution in [-0.2, 0) is 4.74 Å². The molecule has 0 saturated heterocycles. The van der Waals surface area contributed by atoms with Gasteiger partial charge >= 0.3 is 11.7 Å². The molecule has 0 unspecified atom stereocenters. The number of esters is 1. The highest BCUT2D eigenvalue weighted by Crippen LogP contribution is 2.42. The molecule has 0 N–H and O–H groups in total. The fourth-order valence-electron chi connectivity index (χ4n) is 1.34. The van der Waals surface area contributed by atoms with E-state index in [4.69, 9.17) is 21.1 Å². The lowest BCUT2D eigenvalue weighted by atomic mass is 10.1. The predicted molar refractivity (Wildman–Crippen MR) is 61.4 cm³/mol. The number of hydrogen-bond donors (Lipinski definition) is 0. The van der Waals surface area contributed by atoms with Gasteiger partial charge in [0.25, 0.3) is 0 Å². The molecule has 0 saturated carbocycles. The van der Waals surface area contributed by atoms with Gasteiger partial charge in [-0.3, -0.25) is 10.1 Å². The highest BCUT2D eigenvalue weighted by atomic mass is 35.5. The van der Waals surface area contributed by atoms with Crippen LogP contribution in [0.25, 0.3) is 0 Å². The molecule has 0 heterocycles. The van der Waals surface area contributed by atoms with E-state index < -0.39 is 16.6 Å². The van der Waals surface area contributed by atoms with Gasteiger partial charge in [0.1, 0.15) is 10.8 Å². The van der Waals surface area contributed by atoms with Crippen molar-refractivity contribution in [2.75, 3.05) is 21.3 Å². The monoisotopic (exact) mass is 274 g/mol. The fraction of sp³-hybridized carbons (Fsp3) is 0.300. The molecule has 97 valence electrons. The third kappa shape index (κ3) is 2.30. The van der Waals surface area contributed by atoms with Gasteiger partial charge in [0.15, 0.2) is 5.56 Å². The van der Waals surface area contributed by atoms with Gasteiger partial charge in [-0.15, -0.1) is 0 Å². The summed E-state index contributed by atoms with van der Waals surface area (Å²) in [5.41, 5.74) is -0.807. The number of methoxy groups -OCH3 is 3. The van der Waals surface area contributed by atoms with Crippen molar-refractivity contribution in [1.82, 2.24) is 0 Å². The van der Waals surface area contributed by atoms with Crippen LogP contribution in [0.15, 0.2) is 0 Å². The summed E-state index contributed by atoms with van der Waals surface area (Å²) in [6.07, 6.45) is 0. The molecule has 1 aromatic rings. The number of benzene rings is 1. The molecule has 7 nitrogen and oxygen atoms in total. The second-order valence-corrected chi connectivity index (χ2v) is 3.36. The molecule has 0 spiro atoms. The van der Waals surface area contributed by atoms with E-state index in [9.17, 15) is 14.9 Å². The van der Waals surface area contributed by atoms with E-state index in [2.05, 4.69) is 10.8 Å². The topological polar surface area (TPSA) is 87.9 Å². The summed E-state index contributed by atoms with van der Waals surface area (Å²) in [5.74, 6) is -1.26. The maximum atomic E-state index is 11.6. The van der Waals surface area contributed by atoms with Gasteiger partial charge in [0.2, 0.25) is 5.75 Å². The van der Waals surface area contributed by atoms with Crippen LogP contribution >= 0.6 is 11.6 Å². The summed E-state index contributed by atoms with van der Waals surface area (Å²) in [6, 6.07) is 2.39. The molecule has 0 aliphatic rings. The van der Waals surface area contributed by atoms with E-state index >= 15 is 0 Å². The molecular weight excluding hydrogens is 266 g/mol. The molecular formula is C10H9ClNO6. The maximum Gasteiger partial charge on any atom is 0.345 e. The minimum Gasteiger partial charge on any atom is -0.495 e. The van der Waals surface area contributed by atoms with Gasteiger partial charge < -0.3 is 14.2 Å². The zero-order valence-corrected chi connectivity index (χ0v) is 10.5. The molecule has 0 aromatic heterocycles. The lowest BCUT2D eigenvalue weighted by molar-refractivity contribution is -0.385. The van der Waals surface area contributed by atoms with E-state index in [0.717, 1.165) is 7.11 Å². The number of carbonyl (C=O) groups is 1. The molecule has 0 fully saturated rings. The fourth-order valence-corrected chi connectivity index (χ4v) is 1.59. The highest BCUT2D eigenvalue weighted by Gasteiger charge is 2.31. The Morgan fingerprint density at radius 3 is 2.33 bits per heavy atom. The number of hydrogen-bond acceptors (Lipinski definition) is 6. The summed E-state index contributed by atoms with van der Waals surface area (Å²) >= 11 is 5.70. The van der Waals surface area contributed by atoms with Crippen molar-refractivity contribution in [3.8, 4) is 11.5 Å². The number of nitrogens with zero attached hydrogens (tertiary/aromatic N) is 1. The van der Waals surface area contributed by atoms with Crippen molar-refractivity contribution in [3.63, 3.8) is 0 Å². The van der Waals surface area contributed by atoms with Crippen molar-refractivity contribution < 1.29 is 23.9 Å². The molecule has 18 heavy (non-hydrogen) atoms. The van der Waals surface area contributed by atoms with Crippen molar-refractivity contribution in [2.45, 2.75) is 0 Å². The van der Waals surface area contributed by atoms with E-state index in [1.54, 1.807) is 0 Å². The lowest BCUT2D eigenvalue weighted by Crippen LogP contribution is -2.09. The molecule has 0 aliphatic carbocycles. The van der Waals surface area contributed by atoms with Gasteiger partial charge in [-0.1, -0.05) is 11.6 Å². The summed E-state index contributed by atoms with van der Waals surface area (Å²) in [5, 5.41) is 10.6. The number of halogens is 1. The van der Waals surface area contributed by atoms with E-state index in [1.165, 1.54) is 14.2 Å². The SMILES string of the molecule is COC(=O)c1c(OC)[c]c(Cl)c([N+](=O)[O-])c1OC. The van der Waals surface area contributed by atoms with Crippen LogP contribution < -0.4 is 9.47 Å². The Morgan fingerprint density at radius 2 is 1.94 bits per heavy atom. The molecule has 1 aromatic carbocycles. The number of rotatable bonds is 4. The van der Waals surface area contributed by atoms with Gasteiger partial charge in [-0.25, -0.2) is 4.79 Å². The van der Waals surface area contributed by atoms with Crippen LogP contribution in [0.3, 0.4) is 0 Å². The zero-order valence-electron chi connectivity index (χ0n) is 9.77. The van der Waals surface area contributed by atoms with E-state index in [0.29, 0.717) is 0 Å². The molecule has 0 atom stereocenters. The van der Waals surface area contributed by atoms with Crippen LogP contribution in [0.2, 0.25) is 5.02 Å². The minimum absolute atomic E-state index is 0.0886. The molecule has 0 amide bonds. The van der Waals surface area contributed by atoms with Crippen LogP contribution in [0.5, 0.6) is 11.5 Å². The first-order chi connectivity index (χ1) is 8.47. The number of nitro groups is 1. The van der Waals surface area contributed by atoms with Crippen molar-refractivity contribution in [1.29, 1.82) is 0 Å². The molecule has 8 heteroatoms. The highest BCUT2D eigenvalue weighted by molar-refractivity contribution is 6.33. The average Bonchev–Trinajstić information content (AvgIpc) is 2.35. The second kappa shape index (κ2) is 5.54. The number of ether oxygens (including phenoxy) is 3. The van der Waals surface area contributed by atoms with Gasteiger partial charge in [0, 0.05) is 0 Å². The first kappa shape index (κ1) is 14.0. The standard InChI is InChI=1S/C10H9ClNO6/c1-16-6-4-5(11)8(12(14)15)9(17-2)7(6)10(13)18-3/h1-3H3. The number of carbonyl (C=O) groups excluding carboxylic acids is 1. The van der Waals surface area contributed by atoms with Crippen molar-refractivity contribution in [2.24, 2.45) is 0 Å². The minimum atomic E-state index is -0.847. The Labute approximate surface area is 107 Å². The zero-order chi connectivity index (χ0) is 13.9. The molecule has 0 aliphatic heterocycles. The summed E-state index contributed by atoms with van der Waals surface area (Å²) < 4.78 is 14.3. The van der Waals surface area contributed by atoms with E-state index in [1.807, 2.05) is 0 Å². The van der Waals surface area contributed by atoms with Crippen molar-refractivity contribution >= 4 is 23.3 Å². The normalized spacial score (nSPS) is 9.78. The molecule has 0 bridgehead atoms. The Balaban J connectivity index is 3.69. The quantitative estimate of drug-likeness (QED) is 0.473. The summed E-state index contributed by atoms with van der Waals surface area (Å²) in [4.78, 5) is 21.7. The van der Waals surface area contributed by atoms with Crippen LogP contribution in [0, 0.1) is 16.2 Å². The summed E-state index contributed by atoms with van der Waals surface area (Å²) in [6.45, 7) is 0. The maximum absolute atomic E-state index is 11.6. The van der Waals surface area contributed by atoms with Gasteiger partial charge in [-0.2, -0.15) is 0 Å². The average molecular weight is 275 g/mol. The third-order valence-corrected chi connectivity index (χ3v) is 2.35. The van der Waals surface area contributed by atoms with Crippen molar-refractivity contribution in [3.05, 3.63) is 26.8 Å². The largest absolute Gasteiger partial charge is 0.495 e. The van der Waals surface area contributed by atoms with Crippen LogP contribution in [0.4, 0.5) is 5.69 Å². The first-order valence-electron chi connectivity index (χ1n) is 4.57. The molecule has 1 radical (unpaired) electrons. The predicted octanol–water partition coefficient (Wildman–Crippen LogP) is 1.85. The Hall–Kier alpha value is -2.02. The first-order valence-corrected chi connectivity index (χ1v) is 4.95. The summed E-state index contributed by atoms with van der Waals surface area (Å²) in [7, 11) is 3.56. The Morgan fingerprint density at radius 1 is 1.33 bits per heavy atom. The Kier molecular flexibility index (Phi) is 4.33. The van der Waals surface area contributed by atoms with Crippen LogP contribution in [0.1, 0.15) is 10.4 Å². The third-order valence-electron chi connectivity index (χ3n) is 2.08. The van der Waals surface area contributed by atoms with Crippen LogP contribution in [-0.4, -0.2) is 32.2 Å². The van der Waals surface area contributed by atoms with Gasteiger partial charge in [0.05, 0.1) is 32.3 Å². The Bertz CT molecular complexity index is 502. The van der Waals surface area contributed by atoms with E-state index in [-0.39, 0.29) is 22.1 Å².